The van der Waals surface area contributed by atoms with Gasteiger partial charge in [-0.25, -0.2) is 4.79 Å². The fourth-order valence-corrected chi connectivity index (χ4v) is 0.469. The molecule has 0 aliphatic carbocycles. The molecule has 0 radical (unpaired) electrons. The van der Waals surface area contributed by atoms with Gasteiger partial charge in [0, 0.05) is 0 Å². The second-order valence-electron chi connectivity index (χ2n) is 1.80. The molecule has 0 aromatic rings. The Balaban J connectivity index is 3.44. The third-order valence-electron chi connectivity index (χ3n) is 1.01. The normalized spacial score (nSPS) is 8.42. The monoisotopic (exact) mass is 172 g/mol. The molecule has 4 heteroatoms. The van der Waals surface area contributed by atoms with Crippen molar-refractivity contribution in [3.8, 4) is 0 Å². The maximum Gasteiger partial charge on any atom is 0.372 e. The summed E-state index contributed by atoms with van der Waals surface area (Å²) in [6.45, 7) is 7.26. The van der Waals surface area contributed by atoms with Gasteiger partial charge in [-0.05, 0) is 6.58 Å². The highest BCUT2D eigenvalue weighted by Gasteiger charge is 2.06. The van der Waals surface area contributed by atoms with E-state index in [0.29, 0.717) is 6.61 Å². The summed E-state index contributed by atoms with van der Waals surface area (Å²) < 4.78 is 13.9. The summed E-state index contributed by atoms with van der Waals surface area (Å²) in [7, 11) is 1.26. The van der Waals surface area contributed by atoms with Gasteiger partial charge < -0.3 is 14.2 Å². The van der Waals surface area contributed by atoms with E-state index in [1.807, 2.05) is 0 Å². The molecule has 12 heavy (non-hydrogen) atoms. The van der Waals surface area contributed by atoms with Crippen LogP contribution >= 0.6 is 0 Å². The lowest BCUT2D eigenvalue weighted by Crippen LogP contribution is -2.09. The zero-order valence-corrected chi connectivity index (χ0v) is 7.04. The van der Waals surface area contributed by atoms with Gasteiger partial charge in [0.05, 0.1) is 13.4 Å². The van der Waals surface area contributed by atoms with Crippen molar-refractivity contribution in [3.63, 3.8) is 0 Å². The molecule has 0 saturated carbocycles. The van der Waals surface area contributed by atoms with E-state index in [0.717, 1.165) is 0 Å². The minimum absolute atomic E-state index is 0.0230. The zero-order valence-electron chi connectivity index (χ0n) is 7.04. The first kappa shape index (κ1) is 10.6. The summed E-state index contributed by atoms with van der Waals surface area (Å²) in [5.74, 6) is -0.598. The Kier molecular flexibility index (Phi) is 5.51. The minimum atomic E-state index is -0.575. The predicted octanol–water partition coefficient (Wildman–Crippen LogP) is 0.850. The van der Waals surface area contributed by atoms with Gasteiger partial charge in [-0.3, -0.25) is 0 Å². The van der Waals surface area contributed by atoms with E-state index in [1.54, 1.807) is 0 Å². The lowest BCUT2D eigenvalue weighted by atomic mass is 10.6. The van der Waals surface area contributed by atoms with Gasteiger partial charge in [0.2, 0.25) is 0 Å². The molecule has 0 rings (SSSR count). The van der Waals surface area contributed by atoms with Gasteiger partial charge in [-0.1, -0.05) is 6.58 Å². The van der Waals surface area contributed by atoms with Crippen LogP contribution in [-0.2, 0) is 19.0 Å². The Morgan fingerprint density at radius 3 is 2.67 bits per heavy atom. The summed E-state index contributed by atoms with van der Waals surface area (Å²) in [5, 5.41) is 0. The lowest BCUT2D eigenvalue weighted by Gasteiger charge is -2.05. The van der Waals surface area contributed by atoms with Gasteiger partial charge in [-0.15, -0.1) is 0 Å². The molecule has 0 aliphatic heterocycles. The first-order valence-electron chi connectivity index (χ1n) is 3.35. The maximum atomic E-state index is 10.7. The minimum Gasteiger partial charge on any atom is -0.498 e. The molecular formula is C8H12O4. The fraction of sp³-hybridized carbons (Fsp3) is 0.375. The van der Waals surface area contributed by atoms with Crippen LogP contribution in [0.3, 0.4) is 0 Å². The predicted molar refractivity (Wildman–Crippen MR) is 43.3 cm³/mol. The molecule has 0 aliphatic rings. The average molecular weight is 172 g/mol. The molecule has 0 saturated heterocycles. The summed E-state index contributed by atoms with van der Waals surface area (Å²) >= 11 is 0. The van der Waals surface area contributed by atoms with Crippen molar-refractivity contribution in [1.29, 1.82) is 0 Å². The van der Waals surface area contributed by atoms with Crippen molar-refractivity contribution in [2.45, 2.75) is 0 Å². The van der Waals surface area contributed by atoms with Crippen LogP contribution in [0.15, 0.2) is 25.2 Å². The average Bonchev–Trinajstić information content (AvgIpc) is 2.10. The highest BCUT2D eigenvalue weighted by atomic mass is 16.6. The van der Waals surface area contributed by atoms with Gasteiger partial charge in [-0.2, -0.15) is 0 Å². The maximum absolute atomic E-state index is 10.7. The molecule has 68 valence electrons. The second-order valence-corrected chi connectivity index (χ2v) is 1.80. The van der Waals surface area contributed by atoms with Crippen molar-refractivity contribution in [2.24, 2.45) is 0 Å². The second kappa shape index (κ2) is 6.27. The summed E-state index contributed by atoms with van der Waals surface area (Å²) in [5.41, 5.74) is 0. The van der Waals surface area contributed by atoms with E-state index >= 15 is 0 Å². The smallest absolute Gasteiger partial charge is 0.372 e. The number of hydrogen-bond donors (Lipinski definition) is 0. The van der Waals surface area contributed by atoms with Gasteiger partial charge in [0.25, 0.3) is 0 Å². The summed E-state index contributed by atoms with van der Waals surface area (Å²) in [4.78, 5) is 10.7. The molecule has 0 amide bonds. The molecule has 0 fully saturated rings. The van der Waals surface area contributed by atoms with E-state index in [-0.39, 0.29) is 12.4 Å². The first-order chi connectivity index (χ1) is 5.72. The standard InChI is InChI=1S/C8H12O4/c1-4-11-5-6-12-7(2)8(9)10-3/h4H,1-2,5-6H2,3H3. The van der Waals surface area contributed by atoms with Gasteiger partial charge >= 0.3 is 5.97 Å². The zero-order chi connectivity index (χ0) is 9.40. The van der Waals surface area contributed by atoms with Crippen molar-refractivity contribution in [1.82, 2.24) is 0 Å². The van der Waals surface area contributed by atoms with Crippen molar-refractivity contribution in [3.05, 3.63) is 25.2 Å². The third kappa shape index (κ3) is 4.38. The lowest BCUT2D eigenvalue weighted by molar-refractivity contribution is -0.140. The van der Waals surface area contributed by atoms with Crippen LogP contribution in [0.4, 0.5) is 0 Å². The van der Waals surface area contributed by atoms with Crippen LogP contribution in [0.5, 0.6) is 0 Å². The van der Waals surface area contributed by atoms with Crippen LogP contribution in [0.2, 0.25) is 0 Å². The molecule has 0 atom stereocenters. The summed E-state index contributed by atoms with van der Waals surface area (Å²) in [6, 6.07) is 0. The van der Waals surface area contributed by atoms with Crippen molar-refractivity contribution in [2.75, 3.05) is 20.3 Å². The molecule has 0 aromatic heterocycles. The van der Waals surface area contributed by atoms with E-state index in [2.05, 4.69) is 17.9 Å². The Bertz CT molecular complexity index is 174. The van der Waals surface area contributed by atoms with Gasteiger partial charge in [0.1, 0.15) is 13.2 Å². The van der Waals surface area contributed by atoms with Crippen molar-refractivity contribution >= 4 is 5.97 Å². The SMILES string of the molecule is C=COCCOC(=C)C(=O)OC. The molecule has 4 nitrogen and oxygen atoms in total. The van der Waals surface area contributed by atoms with E-state index in [9.17, 15) is 4.79 Å². The number of rotatable bonds is 6. The molecule has 0 bridgehead atoms. The molecule has 0 aromatic carbocycles. The highest BCUT2D eigenvalue weighted by Crippen LogP contribution is 1.95. The molecule has 0 unspecified atom stereocenters. The number of methoxy groups -OCH3 is 1. The third-order valence-corrected chi connectivity index (χ3v) is 1.01. The molecule has 0 N–H and O–H groups in total. The molecule has 0 heterocycles. The number of esters is 1. The van der Waals surface area contributed by atoms with Gasteiger partial charge in [0.15, 0.2) is 5.76 Å². The quantitative estimate of drug-likeness (QED) is 0.258. The number of ether oxygens (including phenoxy) is 3. The van der Waals surface area contributed by atoms with E-state index in [1.165, 1.54) is 13.4 Å². The van der Waals surface area contributed by atoms with Crippen LogP contribution in [-0.4, -0.2) is 26.3 Å². The Morgan fingerprint density at radius 1 is 1.50 bits per heavy atom. The fourth-order valence-electron chi connectivity index (χ4n) is 0.469. The number of carbonyl (C=O) groups excluding carboxylic acids is 1. The number of carbonyl (C=O) groups is 1. The van der Waals surface area contributed by atoms with E-state index in [4.69, 9.17) is 9.47 Å². The largest absolute Gasteiger partial charge is 0.498 e. The first-order valence-corrected chi connectivity index (χ1v) is 3.35. The van der Waals surface area contributed by atoms with Crippen LogP contribution < -0.4 is 0 Å². The summed E-state index contributed by atoms with van der Waals surface area (Å²) in [6.07, 6.45) is 1.30. The topological polar surface area (TPSA) is 44.8 Å². The Labute approximate surface area is 71.4 Å². The molecule has 0 spiro atoms. The van der Waals surface area contributed by atoms with Crippen LogP contribution in [0.25, 0.3) is 0 Å². The highest BCUT2D eigenvalue weighted by molar-refractivity contribution is 5.85. The Morgan fingerprint density at radius 2 is 2.17 bits per heavy atom. The Hall–Kier alpha value is -1.45. The molecular weight excluding hydrogens is 160 g/mol. The number of hydrogen-bond acceptors (Lipinski definition) is 4. The van der Waals surface area contributed by atoms with Crippen LogP contribution in [0, 0.1) is 0 Å². The van der Waals surface area contributed by atoms with Crippen LogP contribution in [0.1, 0.15) is 0 Å². The van der Waals surface area contributed by atoms with Crippen molar-refractivity contribution < 1.29 is 19.0 Å². The van der Waals surface area contributed by atoms with E-state index < -0.39 is 5.97 Å².